The Morgan fingerprint density at radius 2 is 2.07 bits per heavy atom. The van der Waals surface area contributed by atoms with Crippen LogP contribution < -0.4 is 21.9 Å². The van der Waals surface area contributed by atoms with Gasteiger partial charge in [0, 0.05) is 19.2 Å². The van der Waals surface area contributed by atoms with Gasteiger partial charge in [0.15, 0.2) is 5.69 Å². The molecule has 0 bridgehead atoms. The van der Waals surface area contributed by atoms with Gasteiger partial charge in [-0.25, -0.2) is 9.18 Å². The monoisotopic (exact) mass is 402 g/mol. The van der Waals surface area contributed by atoms with Crippen LogP contribution in [0.15, 0.2) is 39.9 Å². The van der Waals surface area contributed by atoms with Crippen molar-refractivity contribution in [2.24, 2.45) is 5.92 Å². The van der Waals surface area contributed by atoms with Crippen molar-refractivity contribution >= 4 is 23.5 Å². The molecule has 8 heteroatoms. The number of amides is 1. The van der Waals surface area contributed by atoms with Crippen LogP contribution in [0.1, 0.15) is 39.2 Å². The molecule has 0 aliphatic carbocycles. The van der Waals surface area contributed by atoms with Gasteiger partial charge < -0.3 is 10.6 Å². The Balaban J connectivity index is 2.48. The minimum absolute atomic E-state index is 0.0383. The maximum atomic E-state index is 13.4. The molecule has 7 nitrogen and oxygen atoms in total. The first-order valence-electron chi connectivity index (χ1n) is 9.62. The first kappa shape index (κ1) is 22.1. The summed E-state index contributed by atoms with van der Waals surface area (Å²) in [6, 6.07) is 5.80. The molecule has 0 aliphatic rings. The van der Waals surface area contributed by atoms with Gasteiger partial charge in [0.25, 0.3) is 11.5 Å². The smallest absolute Gasteiger partial charge is 0.330 e. The Morgan fingerprint density at radius 3 is 2.69 bits per heavy atom. The van der Waals surface area contributed by atoms with Crippen molar-refractivity contribution in [3.63, 3.8) is 0 Å². The Labute approximate surface area is 168 Å². The van der Waals surface area contributed by atoms with Crippen LogP contribution in [-0.4, -0.2) is 22.0 Å². The van der Waals surface area contributed by atoms with Crippen molar-refractivity contribution in [2.45, 2.75) is 40.2 Å². The van der Waals surface area contributed by atoms with E-state index in [1.165, 1.54) is 39.8 Å². The molecule has 0 saturated heterocycles. The number of aromatic amines is 1. The van der Waals surface area contributed by atoms with E-state index in [4.69, 9.17) is 5.73 Å². The van der Waals surface area contributed by atoms with Crippen LogP contribution in [0.3, 0.4) is 0 Å². The Morgan fingerprint density at radius 1 is 1.34 bits per heavy atom. The van der Waals surface area contributed by atoms with Gasteiger partial charge in [0.2, 0.25) is 0 Å². The highest BCUT2D eigenvalue weighted by Gasteiger charge is 2.23. The van der Waals surface area contributed by atoms with Crippen LogP contribution >= 0.6 is 0 Å². The molecule has 0 unspecified atom stereocenters. The lowest BCUT2D eigenvalue weighted by Crippen LogP contribution is -2.42. The lowest BCUT2D eigenvalue weighted by molar-refractivity contribution is -0.114. The third-order valence-electron chi connectivity index (χ3n) is 4.30. The number of unbranched alkanes of at least 4 members (excludes halogenated alkanes) is 1. The summed E-state index contributed by atoms with van der Waals surface area (Å²) in [4.78, 5) is 41.1. The van der Waals surface area contributed by atoms with E-state index in [-0.39, 0.29) is 24.0 Å². The van der Waals surface area contributed by atoms with Gasteiger partial charge in [0.1, 0.15) is 11.6 Å². The molecule has 29 heavy (non-hydrogen) atoms. The largest absolute Gasteiger partial charge is 0.383 e. The molecule has 0 radical (unpaired) electrons. The number of nitrogens with two attached hydrogens (primary N) is 1. The third-order valence-corrected chi connectivity index (χ3v) is 4.30. The Hall–Kier alpha value is -3.16. The fourth-order valence-corrected chi connectivity index (χ4v) is 2.90. The van der Waals surface area contributed by atoms with Crippen LogP contribution in [0, 0.1) is 11.7 Å². The van der Waals surface area contributed by atoms with Crippen LogP contribution in [0.4, 0.5) is 15.9 Å². The van der Waals surface area contributed by atoms with E-state index >= 15 is 0 Å². The molecule has 3 N–H and O–H groups in total. The van der Waals surface area contributed by atoms with E-state index in [0.717, 1.165) is 6.42 Å². The average molecular weight is 402 g/mol. The Kier molecular flexibility index (Phi) is 7.52. The molecule has 0 fully saturated rings. The molecule has 1 aromatic heterocycles. The summed E-state index contributed by atoms with van der Waals surface area (Å²) in [5.41, 5.74) is 5.29. The highest BCUT2D eigenvalue weighted by molar-refractivity contribution is 6.05. The van der Waals surface area contributed by atoms with Crippen LogP contribution in [0.5, 0.6) is 0 Å². The summed E-state index contributed by atoms with van der Waals surface area (Å²) in [5.74, 6) is -0.903. The van der Waals surface area contributed by atoms with Gasteiger partial charge in [-0.1, -0.05) is 39.3 Å². The molecular formula is C21H27FN4O3. The molecule has 0 aliphatic heterocycles. The van der Waals surface area contributed by atoms with Gasteiger partial charge in [-0.3, -0.25) is 19.1 Å². The summed E-state index contributed by atoms with van der Waals surface area (Å²) in [6.45, 7) is 6.33. The first-order valence-corrected chi connectivity index (χ1v) is 9.62. The zero-order valence-electron chi connectivity index (χ0n) is 16.9. The second-order valence-corrected chi connectivity index (χ2v) is 7.23. The molecule has 2 aromatic rings. The predicted octanol–water partition coefficient (Wildman–Crippen LogP) is 2.76. The molecule has 0 spiro atoms. The number of anilines is 2. The lowest BCUT2D eigenvalue weighted by atomic mass is 10.1. The van der Waals surface area contributed by atoms with E-state index in [9.17, 15) is 18.8 Å². The van der Waals surface area contributed by atoms with E-state index in [1.807, 2.05) is 20.8 Å². The fraction of sp³-hybridized carbons (Fsp3) is 0.381. The molecule has 2 rings (SSSR count). The highest BCUT2D eigenvalue weighted by Crippen LogP contribution is 2.19. The maximum absolute atomic E-state index is 13.4. The number of H-pyrrole nitrogens is 1. The normalized spacial score (nSPS) is 11.3. The third kappa shape index (κ3) is 5.66. The number of aromatic nitrogens is 2. The number of halogens is 1. The number of carbonyl (C=O) groups is 1. The summed E-state index contributed by atoms with van der Waals surface area (Å²) in [5, 5.41) is 0. The number of hydrogen-bond acceptors (Lipinski definition) is 4. The number of rotatable bonds is 8. The first-order chi connectivity index (χ1) is 13.7. The number of hydrogen-bond donors (Lipinski definition) is 2. The lowest BCUT2D eigenvalue weighted by Gasteiger charge is -2.25. The number of carbonyl (C=O) groups excluding carboxylic acids is 1. The second kappa shape index (κ2) is 9.86. The standard InChI is InChI=1S/C21H27FN4O3/c1-4-5-11-25-19(23)18(20(28)24-21(25)29)26(13-14(2)3)17(27)10-9-15-7-6-8-16(22)12-15/h6-10,12,14H,4-5,11,13,23H2,1-3H3,(H,24,28,29)/b10-9+. The topological polar surface area (TPSA) is 101 Å². The summed E-state index contributed by atoms with van der Waals surface area (Å²) < 4.78 is 14.6. The molecule has 1 amide bonds. The van der Waals surface area contributed by atoms with E-state index < -0.39 is 23.0 Å². The average Bonchev–Trinajstić information content (AvgIpc) is 2.64. The van der Waals surface area contributed by atoms with Crippen molar-refractivity contribution in [1.29, 1.82) is 0 Å². The van der Waals surface area contributed by atoms with E-state index in [1.54, 1.807) is 6.07 Å². The number of benzene rings is 1. The van der Waals surface area contributed by atoms with Gasteiger partial charge in [0.05, 0.1) is 0 Å². The number of nitrogens with zero attached hydrogens (tertiary/aromatic N) is 2. The van der Waals surface area contributed by atoms with Crippen molar-refractivity contribution < 1.29 is 9.18 Å². The van der Waals surface area contributed by atoms with Crippen LogP contribution in [-0.2, 0) is 11.3 Å². The maximum Gasteiger partial charge on any atom is 0.330 e. The molecule has 0 atom stereocenters. The Bertz CT molecular complexity index is 1010. The van der Waals surface area contributed by atoms with Crippen LogP contribution in [0.25, 0.3) is 6.08 Å². The zero-order chi connectivity index (χ0) is 21.6. The molecule has 1 aromatic carbocycles. The van der Waals surface area contributed by atoms with Gasteiger partial charge in [-0.15, -0.1) is 0 Å². The van der Waals surface area contributed by atoms with Crippen molar-refractivity contribution in [1.82, 2.24) is 9.55 Å². The van der Waals surface area contributed by atoms with Crippen LogP contribution in [0.2, 0.25) is 0 Å². The van der Waals surface area contributed by atoms with Gasteiger partial charge in [-0.05, 0) is 36.1 Å². The number of nitrogens with one attached hydrogen (secondary N) is 1. The summed E-state index contributed by atoms with van der Waals surface area (Å²) >= 11 is 0. The molecule has 1 heterocycles. The highest BCUT2D eigenvalue weighted by atomic mass is 19.1. The minimum Gasteiger partial charge on any atom is -0.383 e. The van der Waals surface area contributed by atoms with E-state index in [2.05, 4.69) is 4.98 Å². The second-order valence-electron chi connectivity index (χ2n) is 7.23. The summed E-state index contributed by atoms with van der Waals surface area (Å²) in [7, 11) is 0. The van der Waals surface area contributed by atoms with Gasteiger partial charge >= 0.3 is 5.69 Å². The molecule has 0 saturated carbocycles. The summed E-state index contributed by atoms with van der Waals surface area (Å²) in [6.07, 6.45) is 4.27. The van der Waals surface area contributed by atoms with Crippen molar-refractivity contribution in [3.05, 3.63) is 62.6 Å². The van der Waals surface area contributed by atoms with Gasteiger partial charge in [-0.2, -0.15) is 0 Å². The molecule has 156 valence electrons. The predicted molar refractivity (Wildman–Crippen MR) is 113 cm³/mol. The zero-order valence-corrected chi connectivity index (χ0v) is 16.9. The van der Waals surface area contributed by atoms with E-state index in [0.29, 0.717) is 18.5 Å². The van der Waals surface area contributed by atoms with Crippen molar-refractivity contribution in [3.8, 4) is 0 Å². The SMILES string of the molecule is CCCCn1c(N)c(N(CC(C)C)C(=O)/C=C/c2cccc(F)c2)c(=O)[nH]c1=O. The molecular weight excluding hydrogens is 375 g/mol. The number of nitrogen functional groups attached to an aromatic ring is 1. The van der Waals surface area contributed by atoms with Crippen molar-refractivity contribution in [2.75, 3.05) is 17.2 Å². The quantitative estimate of drug-likeness (QED) is 0.663. The fourth-order valence-electron chi connectivity index (χ4n) is 2.90. The minimum atomic E-state index is -0.714.